The molecule has 1 rings (SSSR count). The summed E-state index contributed by atoms with van der Waals surface area (Å²) in [5.41, 5.74) is 1.11. The number of aromatic nitrogens is 2. The maximum absolute atomic E-state index is 5.30. The summed E-state index contributed by atoms with van der Waals surface area (Å²) in [6.45, 7) is 10.9. The summed E-state index contributed by atoms with van der Waals surface area (Å²) >= 11 is 0. The van der Waals surface area contributed by atoms with E-state index in [1.54, 1.807) is 0 Å². The Morgan fingerprint density at radius 3 is 3.00 bits per heavy atom. The number of aryl methyl sites for hydroxylation is 1. The van der Waals surface area contributed by atoms with Gasteiger partial charge in [-0.1, -0.05) is 13.8 Å². The molecule has 0 aromatic carbocycles. The van der Waals surface area contributed by atoms with Crippen LogP contribution < -0.4 is 5.32 Å². The fourth-order valence-corrected chi connectivity index (χ4v) is 1.58. The van der Waals surface area contributed by atoms with Crippen LogP contribution in [0.3, 0.4) is 0 Å². The van der Waals surface area contributed by atoms with E-state index in [4.69, 9.17) is 4.74 Å². The highest BCUT2D eigenvalue weighted by Crippen LogP contribution is 1.98. The van der Waals surface area contributed by atoms with Crippen LogP contribution >= 0.6 is 0 Å². The van der Waals surface area contributed by atoms with Crippen molar-refractivity contribution in [3.8, 4) is 0 Å². The second-order valence-electron chi connectivity index (χ2n) is 4.65. The number of nitrogens with zero attached hydrogens (tertiary/aromatic N) is 2. The summed E-state index contributed by atoms with van der Waals surface area (Å²) in [7, 11) is 0. The van der Waals surface area contributed by atoms with Crippen molar-refractivity contribution in [1.29, 1.82) is 0 Å². The molecule has 0 aliphatic rings. The molecule has 1 aromatic rings. The SMILES string of the molecule is CCOCCCn1ccc(CNCC(C)C)n1. The van der Waals surface area contributed by atoms with E-state index in [0.29, 0.717) is 5.92 Å². The van der Waals surface area contributed by atoms with Gasteiger partial charge in [-0.3, -0.25) is 4.68 Å². The van der Waals surface area contributed by atoms with E-state index in [2.05, 4.69) is 30.3 Å². The van der Waals surface area contributed by atoms with Gasteiger partial charge in [0.05, 0.1) is 5.69 Å². The molecule has 1 aromatic heterocycles. The van der Waals surface area contributed by atoms with Gasteiger partial charge < -0.3 is 10.1 Å². The maximum Gasteiger partial charge on any atom is 0.0762 e. The van der Waals surface area contributed by atoms with Crippen LogP contribution in [0.2, 0.25) is 0 Å². The second-order valence-corrected chi connectivity index (χ2v) is 4.65. The van der Waals surface area contributed by atoms with Crippen molar-refractivity contribution in [2.45, 2.75) is 40.3 Å². The fraction of sp³-hybridized carbons (Fsp3) is 0.769. The predicted molar refractivity (Wildman–Crippen MR) is 69.9 cm³/mol. The lowest BCUT2D eigenvalue weighted by atomic mass is 10.2. The third kappa shape index (κ3) is 6.44. The van der Waals surface area contributed by atoms with Gasteiger partial charge in [-0.2, -0.15) is 5.10 Å². The summed E-state index contributed by atoms with van der Waals surface area (Å²) in [5, 5.41) is 7.89. The Balaban J connectivity index is 2.18. The zero-order valence-corrected chi connectivity index (χ0v) is 11.3. The average molecular weight is 239 g/mol. The Morgan fingerprint density at radius 1 is 1.47 bits per heavy atom. The third-order valence-corrected chi connectivity index (χ3v) is 2.43. The van der Waals surface area contributed by atoms with Gasteiger partial charge in [0.2, 0.25) is 0 Å². The van der Waals surface area contributed by atoms with Crippen molar-refractivity contribution in [3.63, 3.8) is 0 Å². The largest absolute Gasteiger partial charge is 0.382 e. The molecule has 0 amide bonds. The van der Waals surface area contributed by atoms with Crippen LogP contribution in [0.25, 0.3) is 0 Å². The summed E-state index contributed by atoms with van der Waals surface area (Å²) in [6, 6.07) is 2.08. The number of rotatable bonds is 9. The van der Waals surface area contributed by atoms with Crippen molar-refractivity contribution in [2.24, 2.45) is 5.92 Å². The molecular formula is C13H25N3O. The summed E-state index contributed by atoms with van der Waals surface area (Å²) < 4.78 is 7.29. The van der Waals surface area contributed by atoms with Gasteiger partial charge in [0.15, 0.2) is 0 Å². The lowest BCUT2D eigenvalue weighted by Gasteiger charge is -2.05. The van der Waals surface area contributed by atoms with E-state index in [9.17, 15) is 0 Å². The highest BCUT2D eigenvalue weighted by molar-refractivity contribution is 4.98. The number of hydrogen-bond acceptors (Lipinski definition) is 3. The second kappa shape index (κ2) is 8.25. The van der Waals surface area contributed by atoms with Crippen LogP contribution in [0.15, 0.2) is 12.3 Å². The van der Waals surface area contributed by atoms with Gasteiger partial charge >= 0.3 is 0 Å². The van der Waals surface area contributed by atoms with Crippen molar-refractivity contribution < 1.29 is 4.74 Å². The number of hydrogen-bond donors (Lipinski definition) is 1. The molecule has 0 atom stereocenters. The standard InChI is InChI=1S/C13H25N3O/c1-4-17-9-5-7-16-8-6-13(15-16)11-14-10-12(2)3/h6,8,12,14H,4-5,7,9-11H2,1-3H3. The highest BCUT2D eigenvalue weighted by atomic mass is 16.5. The smallest absolute Gasteiger partial charge is 0.0762 e. The van der Waals surface area contributed by atoms with Crippen LogP contribution in [0.4, 0.5) is 0 Å². The van der Waals surface area contributed by atoms with Gasteiger partial charge in [-0.15, -0.1) is 0 Å². The lowest BCUT2D eigenvalue weighted by molar-refractivity contribution is 0.140. The summed E-state index contributed by atoms with van der Waals surface area (Å²) in [6.07, 6.45) is 3.06. The predicted octanol–water partition coefficient (Wildman–Crippen LogP) is 2.06. The first-order valence-corrected chi connectivity index (χ1v) is 6.53. The topological polar surface area (TPSA) is 39.1 Å². The van der Waals surface area contributed by atoms with E-state index in [-0.39, 0.29) is 0 Å². The Bertz CT molecular complexity index is 297. The Kier molecular flexibility index (Phi) is 6.89. The maximum atomic E-state index is 5.30. The minimum atomic E-state index is 0.684. The van der Waals surface area contributed by atoms with E-state index < -0.39 is 0 Å². The normalized spacial score (nSPS) is 11.3. The molecule has 1 N–H and O–H groups in total. The first kappa shape index (κ1) is 14.2. The molecule has 4 heteroatoms. The molecule has 0 aliphatic heterocycles. The molecule has 0 aliphatic carbocycles. The van der Waals surface area contributed by atoms with Crippen molar-refractivity contribution in [1.82, 2.24) is 15.1 Å². The molecule has 0 fully saturated rings. The van der Waals surface area contributed by atoms with Crippen molar-refractivity contribution in [3.05, 3.63) is 18.0 Å². The van der Waals surface area contributed by atoms with Crippen LogP contribution in [0, 0.1) is 5.92 Å². The zero-order valence-electron chi connectivity index (χ0n) is 11.3. The molecule has 1 heterocycles. The lowest BCUT2D eigenvalue weighted by Crippen LogP contribution is -2.19. The van der Waals surface area contributed by atoms with Crippen LogP contribution in [0.1, 0.15) is 32.9 Å². The van der Waals surface area contributed by atoms with Crippen LogP contribution in [-0.4, -0.2) is 29.5 Å². The van der Waals surface area contributed by atoms with Crippen LogP contribution in [0.5, 0.6) is 0 Å². The fourth-order valence-electron chi connectivity index (χ4n) is 1.58. The summed E-state index contributed by atoms with van der Waals surface area (Å²) in [5.74, 6) is 0.684. The number of nitrogens with one attached hydrogen (secondary N) is 1. The monoisotopic (exact) mass is 239 g/mol. The van der Waals surface area contributed by atoms with Gasteiger partial charge in [0, 0.05) is 32.5 Å². The Hall–Kier alpha value is -0.870. The molecule has 17 heavy (non-hydrogen) atoms. The zero-order chi connectivity index (χ0) is 12.5. The van der Waals surface area contributed by atoms with E-state index in [1.807, 2.05) is 17.8 Å². The number of ether oxygens (including phenoxy) is 1. The first-order chi connectivity index (χ1) is 8.22. The van der Waals surface area contributed by atoms with Crippen molar-refractivity contribution >= 4 is 0 Å². The molecule has 0 bridgehead atoms. The molecule has 0 spiro atoms. The first-order valence-electron chi connectivity index (χ1n) is 6.53. The summed E-state index contributed by atoms with van der Waals surface area (Å²) in [4.78, 5) is 0. The third-order valence-electron chi connectivity index (χ3n) is 2.43. The van der Waals surface area contributed by atoms with E-state index >= 15 is 0 Å². The molecule has 4 nitrogen and oxygen atoms in total. The highest BCUT2D eigenvalue weighted by Gasteiger charge is 1.99. The van der Waals surface area contributed by atoms with Gasteiger partial charge in [-0.25, -0.2) is 0 Å². The van der Waals surface area contributed by atoms with Gasteiger partial charge in [0.25, 0.3) is 0 Å². The molecule has 0 radical (unpaired) electrons. The van der Waals surface area contributed by atoms with Crippen LogP contribution in [-0.2, 0) is 17.8 Å². The molecule has 0 unspecified atom stereocenters. The van der Waals surface area contributed by atoms with E-state index in [1.165, 1.54) is 0 Å². The van der Waals surface area contributed by atoms with E-state index in [0.717, 1.165) is 45.0 Å². The molecule has 0 saturated carbocycles. The Labute approximate surface area is 104 Å². The molecule has 0 saturated heterocycles. The molecular weight excluding hydrogens is 214 g/mol. The minimum absolute atomic E-state index is 0.684. The van der Waals surface area contributed by atoms with Gasteiger partial charge in [-0.05, 0) is 31.9 Å². The van der Waals surface area contributed by atoms with Gasteiger partial charge in [0.1, 0.15) is 0 Å². The minimum Gasteiger partial charge on any atom is -0.382 e. The van der Waals surface area contributed by atoms with Crippen molar-refractivity contribution in [2.75, 3.05) is 19.8 Å². The average Bonchev–Trinajstić information content (AvgIpc) is 2.72. The molecule has 98 valence electrons. The Morgan fingerprint density at radius 2 is 2.29 bits per heavy atom. The quantitative estimate of drug-likeness (QED) is 0.670.